The highest BCUT2D eigenvalue weighted by Gasteiger charge is 2.42. The van der Waals surface area contributed by atoms with Crippen molar-refractivity contribution in [1.29, 1.82) is 0 Å². The van der Waals surface area contributed by atoms with Gasteiger partial charge in [0.15, 0.2) is 0 Å². The average Bonchev–Trinajstić information content (AvgIpc) is 2.93. The molecule has 1 aromatic rings. The lowest BCUT2D eigenvalue weighted by molar-refractivity contribution is -0.224. The average molecular weight is 279 g/mol. The molecular formula is C14H17NO5. The van der Waals surface area contributed by atoms with Crippen LogP contribution < -0.4 is 5.32 Å². The normalized spacial score (nSPS) is 21.1. The first-order valence-electron chi connectivity index (χ1n) is 6.47. The van der Waals surface area contributed by atoms with Crippen LogP contribution in [0.5, 0.6) is 0 Å². The Kier molecular flexibility index (Phi) is 4.36. The van der Waals surface area contributed by atoms with Gasteiger partial charge >= 0.3 is 17.7 Å². The van der Waals surface area contributed by atoms with Gasteiger partial charge in [-0.1, -0.05) is 30.3 Å². The highest BCUT2D eigenvalue weighted by molar-refractivity contribution is 5.83. The molecule has 1 saturated heterocycles. The number of aliphatic carboxylic acids is 1. The number of ether oxygens (including phenoxy) is 1. The second-order valence-corrected chi connectivity index (χ2v) is 4.82. The van der Waals surface area contributed by atoms with Gasteiger partial charge in [0.05, 0.1) is 0 Å². The van der Waals surface area contributed by atoms with Crippen molar-refractivity contribution < 1.29 is 24.5 Å². The fraction of sp³-hybridized carbons (Fsp3) is 0.429. The third-order valence-electron chi connectivity index (χ3n) is 3.24. The molecule has 1 aromatic carbocycles. The van der Waals surface area contributed by atoms with Crippen LogP contribution >= 0.6 is 0 Å². The molecule has 6 heteroatoms. The van der Waals surface area contributed by atoms with Gasteiger partial charge in [-0.2, -0.15) is 0 Å². The van der Waals surface area contributed by atoms with E-state index in [2.05, 4.69) is 5.32 Å². The zero-order valence-electron chi connectivity index (χ0n) is 10.9. The summed E-state index contributed by atoms with van der Waals surface area (Å²) in [4.78, 5) is 23.1. The summed E-state index contributed by atoms with van der Waals surface area (Å²) in [7, 11) is 0. The molecule has 3 N–H and O–H groups in total. The van der Waals surface area contributed by atoms with Crippen LogP contribution in [0.3, 0.4) is 0 Å². The monoisotopic (exact) mass is 279 g/mol. The Morgan fingerprint density at radius 2 is 2.05 bits per heavy atom. The molecule has 2 rings (SSSR count). The fourth-order valence-corrected chi connectivity index (χ4v) is 2.15. The Morgan fingerprint density at radius 3 is 2.60 bits per heavy atom. The van der Waals surface area contributed by atoms with Crippen molar-refractivity contribution >= 4 is 11.9 Å². The molecule has 0 bridgehead atoms. The highest BCUT2D eigenvalue weighted by Crippen LogP contribution is 2.18. The number of carboxylic acids is 1. The van der Waals surface area contributed by atoms with Crippen molar-refractivity contribution in [2.45, 2.75) is 31.1 Å². The van der Waals surface area contributed by atoms with Crippen molar-refractivity contribution in [3.8, 4) is 0 Å². The summed E-state index contributed by atoms with van der Waals surface area (Å²) in [6.45, 7) is 0.684. The van der Waals surface area contributed by atoms with E-state index in [1.807, 2.05) is 0 Å². The van der Waals surface area contributed by atoms with Crippen LogP contribution in [0.15, 0.2) is 30.3 Å². The third kappa shape index (κ3) is 3.34. The fourth-order valence-electron chi connectivity index (χ4n) is 2.15. The molecule has 0 amide bonds. The molecule has 1 aliphatic rings. The maximum Gasteiger partial charge on any atom is 0.377 e. The molecule has 2 atom stereocenters. The lowest BCUT2D eigenvalue weighted by Crippen LogP contribution is -2.48. The Hall–Kier alpha value is -1.92. The van der Waals surface area contributed by atoms with Crippen molar-refractivity contribution in [2.75, 3.05) is 6.54 Å². The van der Waals surface area contributed by atoms with E-state index in [-0.39, 0.29) is 6.42 Å². The molecule has 1 fully saturated rings. The van der Waals surface area contributed by atoms with Crippen molar-refractivity contribution in [3.63, 3.8) is 0 Å². The quantitative estimate of drug-likeness (QED) is 0.530. The number of carboxylic acid groups (broad SMARTS) is 1. The van der Waals surface area contributed by atoms with Crippen molar-refractivity contribution in [1.82, 2.24) is 5.32 Å². The van der Waals surface area contributed by atoms with Crippen LogP contribution in [-0.4, -0.2) is 40.5 Å². The third-order valence-corrected chi connectivity index (χ3v) is 3.24. The van der Waals surface area contributed by atoms with Crippen LogP contribution in [-0.2, 0) is 20.7 Å². The molecule has 1 heterocycles. The minimum atomic E-state index is -2.54. The van der Waals surface area contributed by atoms with E-state index >= 15 is 0 Å². The van der Waals surface area contributed by atoms with Crippen molar-refractivity contribution in [3.05, 3.63) is 35.9 Å². The van der Waals surface area contributed by atoms with Crippen LogP contribution in [0.25, 0.3) is 0 Å². The van der Waals surface area contributed by atoms with Gasteiger partial charge in [-0.05, 0) is 24.9 Å². The van der Waals surface area contributed by atoms with Gasteiger partial charge in [0.2, 0.25) is 0 Å². The number of aliphatic hydroxyl groups is 1. The molecule has 0 radical (unpaired) electrons. The SMILES string of the molecule is O=C(OC(O)(Cc1ccccc1)C(=O)O)C1CCCN1. The van der Waals surface area contributed by atoms with Gasteiger partial charge in [0, 0.05) is 6.42 Å². The number of carbonyl (C=O) groups is 2. The molecule has 0 aliphatic carbocycles. The van der Waals surface area contributed by atoms with E-state index < -0.39 is 23.8 Å². The molecule has 6 nitrogen and oxygen atoms in total. The first-order valence-corrected chi connectivity index (χ1v) is 6.47. The number of hydrogen-bond acceptors (Lipinski definition) is 5. The first kappa shape index (κ1) is 14.5. The van der Waals surface area contributed by atoms with Crippen LogP contribution in [0.4, 0.5) is 0 Å². The minimum Gasteiger partial charge on any atom is -0.476 e. The van der Waals surface area contributed by atoms with Gasteiger partial charge in [0.1, 0.15) is 6.04 Å². The maximum atomic E-state index is 11.8. The molecule has 108 valence electrons. The summed E-state index contributed by atoms with van der Waals surface area (Å²) in [5, 5.41) is 22.1. The zero-order valence-corrected chi connectivity index (χ0v) is 10.9. The number of rotatable bonds is 5. The van der Waals surface area contributed by atoms with E-state index in [9.17, 15) is 14.7 Å². The molecule has 1 aliphatic heterocycles. The number of nitrogens with one attached hydrogen (secondary N) is 1. The zero-order chi connectivity index (χ0) is 14.6. The highest BCUT2D eigenvalue weighted by atomic mass is 16.7. The summed E-state index contributed by atoms with van der Waals surface area (Å²) >= 11 is 0. The van der Waals surface area contributed by atoms with Crippen molar-refractivity contribution in [2.24, 2.45) is 0 Å². The molecule has 20 heavy (non-hydrogen) atoms. The molecule has 0 spiro atoms. The second-order valence-electron chi connectivity index (χ2n) is 4.82. The van der Waals surface area contributed by atoms with Gasteiger partial charge in [-0.3, -0.25) is 4.79 Å². The summed E-state index contributed by atoms with van der Waals surface area (Å²) in [6.07, 6.45) is 1.12. The smallest absolute Gasteiger partial charge is 0.377 e. The van der Waals surface area contributed by atoms with E-state index in [0.29, 0.717) is 18.5 Å². The van der Waals surface area contributed by atoms with Gasteiger partial charge in [0.25, 0.3) is 0 Å². The summed E-state index contributed by atoms with van der Waals surface area (Å²) in [5.41, 5.74) is 0.574. The van der Waals surface area contributed by atoms with Gasteiger partial charge in [-0.15, -0.1) is 0 Å². The Balaban J connectivity index is 2.08. The standard InChI is InChI=1S/C14H17NO5/c16-12(11-7-4-8-15-11)20-14(19,13(17)18)9-10-5-2-1-3-6-10/h1-3,5-6,11,15,19H,4,7-9H2,(H,17,18). The van der Waals surface area contributed by atoms with Crippen LogP contribution in [0.2, 0.25) is 0 Å². The summed E-state index contributed by atoms with van der Waals surface area (Å²) in [5.74, 6) is -4.85. The Labute approximate surface area is 116 Å². The van der Waals surface area contributed by atoms with E-state index in [1.165, 1.54) is 0 Å². The second kappa shape index (κ2) is 6.02. The number of benzene rings is 1. The lowest BCUT2D eigenvalue weighted by Gasteiger charge is -2.25. The van der Waals surface area contributed by atoms with E-state index in [0.717, 1.165) is 6.42 Å². The van der Waals surface area contributed by atoms with Gasteiger partial charge in [-0.25, -0.2) is 4.79 Å². The Morgan fingerprint density at radius 1 is 1.35 bits per heavy atom. The summed E-state index contributed by atoms with van der Waals surface area (Å²) in [6, 6.07) is 8.00. The largest absolute Gasteiger partial charge is 0.476 e. The molecular weight excluding hydrogens is 262 g/mol. The molecule has 0 aromatic heterocycles. The van der Waals surface area contributed by atoms with E-state index in [4.69, 9.17) is 9.84 Å². The van der Waals surface area contributed by atoms with Crippen LogP contribution in [0.1, 0.15) is 18.4 Å². The predicted octanol–water partition coefficient (Wildman–Crippen LogP) is 0.297. The molecule has 0 saturated carbocycles. The number of esters is 1. The number of carbonyl (C=O) groups excluding carboxylic acids is 1. The maximum absolute atomic E-state index is 11.8. The lowest BCUT2D eigenvalue weighted by atomic mass is 10.1. The first-order chi connectivity index (χ1) is 9.51. The minimum absolute atomic E-state index is 0.290. The van der Waals surface area contributed by atoms with Crippen LogP contribution in [0, 0.1) is 0 Å². The Bertz CT molecular complexity index is 484. The van der Waals surface area contributed by atoms with Gasteiger partial charge < -0.3 is 20.3 Å². The predicted molar refractivity (Wildman–Crippen MR) is 69.8 cm³/mol. The molecule has 2 unspecified atom stereocenters. The van der Waals surface area contributed by atoms with E-state index in [1.54, 1.807) is 30.3 Å². The topological polar surface area (TPSA) is 95.9 Å². The number of hydrogen-bond donors (Lipinski definition) is 3. The summed E-state index contributed by atoms with van der Waals surface area (Å²) < 4.78 is 4.84.